The first-order valence-electron chi connectivity index (χ1n) is 5.33. The normalized spacial score (nSPS) is 11.4. The highest BCUT2D eigenvalue weighted by Crippen LogP contribution is 2.22. The second-order valence-corrected chi connectivity index (χ2v) is 3.74. The van der Waals surface area contributed by atoms with Crippen molar-refractivity contribution in [3.05, 3.63) is 60.2 Å². The van der Waals surface area contributed by atoms with Crippen LogP contribution in [-0.4, -0.2) is 0 Å². The van der Waals surface area contributed by atoms with Gasteiger partial charge in [-0.25, -0.2) is 0 Å². The summed E-state index contributed by atoms with van der Waals surface area (Å²) in [6.45, 7) is 2.03. The van der Waals surface area contributed by atoms with Crippen molar-refractivity contribution in [1.82, 2.24) is 0 Å². The fourth-order valence-electron chi connectivity index (χ4n) is 1.54. The molecule has 3 heteroatoms. The average molecular weight is 250 g/mol. The van der Waals surface area contributed by atoms with Crippen molar-refractivity contribution >= 4 is 18.1 Å². The van der Waals surface area contributed by atoms with Crippen LogP contribution < -0.4 is 10.5 Å². The Kier molecular flexibility index (Phi) is 4.85. The first-order chi connectivity index (χ1) is 7.75. The highest BCUT2D eigenvalue weighted by molar-refractivity contribution is 5.85. The van der Waals surface area contributed by atoms with E-state index in [9.17, 15) is 0 Å². The fraction of sp³-hybridized carbons (Fsp3) is 0.143. The quantitative estimate of drug-likeness (QED) is 0.839. The molecule has 2 rings (SSSR count). The lowest BCUT2D eigenvalue weighted by molar-refractivity contribution is 0.227. The SMILES string of the molecule is CC(Oc1ccc(N)cc1)c1ccccc1.Cl. The van der Waals surface area contributed by atoms with Crippen LogP contribution in [-0.2, 0) is 0 Å². The molecule has 1 atom stereocenters. The molecule has 0 aliphatic carbocycles. The Morgan fingerprint density at radius 2 is 1.53 bits per heavy atom. The fourth-order valence-corrected chi connectivity index (χ4v) is 1.54. The first kappa shape index (κ1) is 13.4. The smallest absolute Gasteiger partial charge is 0.121 e. The van der Waals surface area contributed by atoms with Crippen molar-refractivity contribution in [1.29, 1.82) is 0 Å². The van der Waals surface area contributed by atoms with Crippen LogP contribution in [0.1, 0.15) is 18.6 Å². The number of benzene rings is 2. The molecule has 0 heterocycles. The lowest BCUT2D eigenvalue weighted by atomic mass is 10.1. The molecule has 0 aliphatic heterocycles. The molecule has 90 valence electrons. The number of halogens is 1. The molecule has 2 aromatic carbocycles. The van der Waals surface area contributed by atoms with E-state index < -0.39 is 0 Å². The molecule has 0 amide bonds. The average Bonchev–Trinajstić information content (AvgIpc) is 2.33. The molecule has 2 N–H and O–H groups in total. The van der Waals surface area contributed by atoms with Gasteiger partial charge in [-0.2, -0.15) is 0 Å². The molecule has 2 nitrogen and oxygen atoms in total. The third-order valence-corrected chi connectivity index (χ3v) is 2.46. The van der Waals surface area contributed by atoms with E-state index in [0.29, 0.717) is 0 Å². The monoisotopic (exact) mass is 249 g/mol. The van der Waals surface area contributed by atoms with Crippen molar-refractivity contribution in [2.45, 2.75) is 13.0 Å². The zero-order chi connectivity index (χ0) is 11.4. The maximum Gasteiger partial charge on any atom is 0.121 e. The number of nitrogen functional groups attached to an aromatic ring is 1. The highest BCUT2D eigenvalue weighted by atomic mass is 35.5. The Morgan fingerprint density at radius 1 is 0.941 bits per heavy atom. The summed E-state index contributed by atoms with van der Waals surface area (Å²) in [5.41, 5.74) is 7.53. The van der Waals surface area contributed by atoms with E-state index >= 15 is 0 Å². The van der Waals surface area contributed by atoms with Gasteiger partial charge in [0, 0.05) is 5.69 Å². The summed E-state index contributed by atoms with van der Waals surface area (Å²) in [6, 6.07) is 17.6. The van der Waals surface area contributed by atoms with Gasteiger partial charge >= 0.3 is 0 Å². The van der Waals surface area contributed by atoms with E-state index in [0.717, 1.165) is 11.4 Å². The molecule has 0 bridgehead atoms. The topological polar surface area (TPSA) is 35.2 Å². The minimum Gasteiger partial charge on any atom is -0.486 e. The number of ether oxygens (including phenoxy) is 1. The summed E-state index contributed by atoms with van der Waals surface area (Å²) in [4.78, 5) is 0. The number of hydrogen-bond donors (Lipinski definition) is 1. The minimum atomic E-state index is 0. The van der Waals surface area contributed by atoms with Crippen molar-refractivity contribution < 1.29 is 4.74 Å². The zero-order valence-electron chi connectivity index (χ0n) is 9.67. The molecular formula is C14H16ClNO. The molecule has 0 saturated heterocycles. The number of hydrogen-bond acceptors (Lipinski definition) is 2. The molecule has 2 aromatic rings. The number of rotatable bonds is 3. The molecule has 1 unspecified atom stereocenters. The maximum atomic E-state index is 5.80. The van der Waals surface area contributed by atoms with Crippen molar-refractivity contribution in [3.8, 4) is 5.75 Å². The van der Waals surface area contributed by atoms with Crippen LogP contribution in [0.15, 0.2) is 54.6 Å². The van der Waals surface area contributed by atoms with Gasteiger partial charge in [-0.1, -0.05) is 30.3 Å². The second-order valence-electron chi connectivity index (χ2n) is 3.74. The van der Waals surface area contributed by atoms with Gasteiger partial charge in [0.05, 0.1) is 0 Å². The van der Waals surface area contributed by atoms with Gasteiger partial charge < -0.3 is 10.5 Å². The van der Waals surface area contributed by atoms with Crippen LogP contribution in [0.4, 0.5) is 5.69 Å². The summed E-state index contributed by atoms with van der Waals surface area (Å²) in [5.74, 6) is 0.838. The maximum absolute atomic E-state index is 5.80. The number of anilines is 1. The van der Waals surface area contributed by atoms with Crippen molar-refractivity contribution in [2.24, 2.45) is 0 Å². The van der Waals surface area contributed by atoms with Crippen LogP contribution in [0.2, 0.25) is 0 Å². The summed E-state index contributed by atoms with van der Waals surface area (Å²) < 4.78 is 5.80. The van der Waals surface area contributed by atoms with E-state index in [1.54, 1.807) is 0 Å². The van der Waals surface area contributed by atoms with Gasteiger partial charge in [0.15, 0.2) is 0 Å². The number of nitrogens with two attached hydrogens (primary N) is 1. The molecule has 0 spiro atoms. The lowest BCUT2D eigenvalue weighted by Crippen LogP contribution is -2.02. The summed E-state index contributed by atoms with van der Waals surface area (Å²) in [6.07, 6.45) is 0.0461. The predicted molar refractivity (Wildman–Crippen MR) is 73.6 cm³/mol. The van der Waals surface area contributed by atoms with E-state index in [4.69, 9.17) is 10.5 Å². The van der Waals surface area contributed by atoms with Gasteiger partial charge in [-0.05, 0) is 36.8 Å². The third-order valence-electron chi connectivity index (χ3n) is 2.46. The van der Waals surface area contributed by atoms with Crippen molar-refractivity contribution in [3.63, 3.8) is 0 Å². The Hall–Kier alpha value is -1.67. The Morgan fingerprint density at radius 3 is 2.12 bits per heavy atom. The van der Waals surface area contributed by atoms with Gasteiger partial charge in [0.25, 0.3) is 0 Å². The molecule has 0 aliphatic rings. The van der Waals surface area contributed by atoms with Gasteiger partial charge in [0.2, 0.25) is 0 Å². The van der Waals surface area contributed by atoms with Crippen LogP contribution in [0.5, 0.6) is 5.75 Å². The van der Waals surface area contributed by atoms with Crippen LogP contribution in [0, 0.1) is 0 Å². The molecular weight excluding hydrogens is 234 g/mol. The van der Waals surface area contributed by atoms with Crippen LogP contribution >= 0.6 is 12.4 Å². The Bertz CT molecular complexity index is 442. The summed E-state index contributed by atoms with van der Waals surface area (Å²) >= 11 is 0. The van der Waals surface area contributed by atoms with Gasteiger partial charge in [-0.3, -0.25) is 0 Å². The Labute approximate surface area is 108 Å². The molecule has 17 heavy (non-hydrogen) atoms. The second kappa shape index (κ2) is 6.16. The van der Waals surface area contributed by atoms with E-state index in [-0.39, 0.29) is 18.5 Å². The molecule has 0 radical (unpaired) electrons. The molecule has 0 fully saturated rings. The van der Waals surface area contributed by atoms with E-state index in [1.165, 1.54) is 5.56 Å². The predicted octanol–water partition coefficient (Wildman–Crippen LogP) is 3.83. The van der Waals surface area contributed by atoms with Crippen molar-refractivity contribution in [2.75, 3.05) is 5.73 Å². The van der Waals surface area contributed by atoms with Gasteiger partial charge in [-0.15, -0.1) is 12.4 Å². The summed E-state index contributed by atoms with van der Waals surface area (Å²) in [7, 11) is 0. The standard InChI is InChI=1S/C14H15NO.ClH/c1-11(12-5-3-2-4-6-12)16-14-9-7-13(15)8-10-14;/h2-11H,15H2,1H3;1H. The van der Waals surface area contributed by atoms with E-state index in [2.05, 4.69) is 12.1 Å². The van der Waals surface area contributed by atoms with Crippen LogP contribution in [0.3, 0.4) is 0 Å². The van der Waals surface area contributed by atoms with E-state index in [1.807, 2.05) is 49.4 Å². The molecule has 0 saturated carbocycles. The largest absolute Gasteiger partial charge is 0.486 e. The van der Waals surface area contributed by atoms with Crippen LogP contribution in [0.25, 0.3) is 0 Å². The molecule has 0 aromatic heterocycles. The minimum absolute atomic E-state index is 0. The third kappa shape index (κ3) is 3.68. The zero-order valence-corrected chi connectivity index (χ0v) is 10.5. The van der Waals surface area contributed by atoms with Gasteiger partial charge in [0.1, 0.15) is 11.9 Å². The first-order valence-corrected chi connectivity index (χ1v) is 5.33. The lowest BCUT2D eigenvalue weighted by Gasteiger charge is -2.14. The Balaban J connectivity index is 0.00000144. The summed E-state index contributed by atoms with van der Waals surface area (Å²) in [5, 5.41) is 0. The highest BCUT2D eigenvalue weighted by Gasteiger charge is 2.05.